The van der Waals surface area contributed by atoms with Crippen LogP contribution in [0.3, 0.4) is 0 Å². The maximum Gasteiger partial charge on any atom is 0.269 e. The van der Waals surface area contributed by atoms with E-state index in [2.05, 4.69) is 4.98 Å². The Balaban J connectivity index is 1.89. The van der Waals surface area contributed by atoms with Crippen LogP contribution in [0.15, 0.2) is 91.1 Å². The maximum absolute atomic E-state index is 13.1. The minimum absolute atomic E-state index is 0.0129. The van der Waals surface area contributed by atoms with Crippen LogP contribution in [0.1, 0.15) is 16.2 Å². The smallest absolute Gasteiger partial charge is 0.269 e. The summed E-state index contributed by atoms with van der Waals surface area (Å²) < 4.78 is 1.73. The van der Waals surface area contributed by atoms with E-state index in [-0.39, 0.29) is 17.3 Å². The number of carbonyl (C=O) groups is 1. The van der Waals surface area contributed by atoms with E-state index in [1.165, 1.54) is 12.1 Å². The van der Waals surface area contributed by atoms with E-state index >= 15 is 0 Å². The molecule has 0 atom stereocenters. The lowest BCUT2D eigenvalue weighted by Crippen LogP contribution is -2.11. The first-order valence-corrected chi connectivity index (χ1v) is 8.63. The number of imidazole rings is 1. The Bertz CT molecular complexity index is 1130. The molecule has 0 unspecified atom stereocenters. The number of nitro benzene ring substituents is 1. The molecule has 4 aromatic rings. The number of carbonyl (C=O) groups excluding carboxylic acids is 1. The van der Waals surface area contributed by atoms with Crippen LogP contribution in [-0.2, 0) is 0 Å². The summed E-state index contributed by atoms with van der Waals surface area (Å²) in [6.45, 7) is 0. The van der Waals surface area contributed by atoms with Gasteiger partial charge in [-0.2, -0.15) is 0 Å². The minimum Gasteiger partial charge on any atom is -0.290 e. The van der Waals surface area contributed by atoms with Crippen molar-refractivity contribution >= 4 is 11.5 Å². The Labute approximate surface area is 160 Å². The molecule has 0 radical (unpaired) electrons. The maximum atomic E-state index is 13.1. The van der Waals surface area contributed by atoms with Gasteiger partial charge in [0, 0.05) is 28.9 Å². The zero-order chi connectivity index (χ0) is 19.5. The molecule has 1 heterocycles. The Morgan fingerprint density at radius 2 is 1.46 bits per heavy atom. The van der Waals surface area contributed by atoms with Crippen molar-refractivity contribution < 1.29 is 9.72 Å². The molecule has 4 rings (SSSR count). The number of nitro groups is 1. The number of hydrogen-bond acceptors (Lipinski definition) is 4. The lowest BCUT2D eigenvalue weighted by atomic mass is 10.1. The molecule has 28 heavy (non-hydrogen) atoms. The monoisotopic (exact) mass is 369 g/mol. The molecular weight excluding hydrogens is 354 g/mol. The highest BCUT2D eigenvalue weighted by atomic mass is 16.6. The van der Waals surface area contributed by atoms with E-state index < -0.39 is 4.92 Å². The molecule has 1 aromatic heterocycles. The summed E-state index contributed by atoms with van der Waals surface area (Å²) in [6.07, 6.45) is 1.65. The van der Waals surface area contributed by atoms with Crippen LogP contribution in [0.2, 0.25) is 0 Å². The highest BCUT2D eigenvalue weighted by Gasteiger charge is 2.21. The number of rotatable bonds is 5. The minimum atomic E-state index is -0.453. The van der Waals surface area contributed by atoms with E-state index in [1.54, 1.807) is 47.2 Å². The first-order chi connectivity index (χ1) is 13.6. The Kier molecular flexibility index (Phi) is 4.51. The molecule has 0 aliphatic rings. The van der Waals surface area contributed by atoms with Gasteiger partial charge < -0.3 is 0 Å². The molecule has 6 heteroatoms. The third-order valence-corrected chi connectivity index (χ3v) is 4.39. The van der Waals surface area contributed by atoms with Gasteiger partial charge >= 0.3 is 0 Å². The van der Waals surface area contributed by atoms with Gasteiger partial charge in [-0.3, -0.25) is 19.5 Å². The predicted octanol–water partition coefficient (Wildman–Crippen LogP) is 4.68. The lowest BCUT2D eigenvalue weighted by Gasteiger charge is -2.12. The van der Waals surface area contributed by atoms with E-state index in [0.717, 1.165) is 11.3 Å². The van der Waals surface area contributed by atoms with Crippen LogP contribution in [0.4, 0.5) is 5.69 Å². The van der Waals surface area contributed by atoms with Gasteiger partial charge in [0.1, 0.15) is 0 Å². The van der Waals surface area contributed by atoms with Crippen molar-refractivity contribution in [3.05, 3.63) is 113 Å². The molecule has 0 N–H and O–H groups in total. The normalized spacial score (nSPS) is 10.6. The van der Waals surface area contributed by atoms with Crippen molar-refractivity contribution in [1.29, 1.82) is 0 Å². The van der Waals surface area contributed by atoms with Crippen molar-refractivity contribution in [3.63, 3.8) is 0 Å². The highest BCUT2D eigenvalue weighted by molar-refractivity contribution is 6.07. The van der Waals surface area contributed by atoms with Crippen LogP contribution < -0.4 is 0 Å². The van der Waals surface area contributed by atoms with Gasteiger partial charge in [0.15, 0.2) is 5.82 Å². The second-order valence-electron chi connectivity index (χ2n) is 6.14. The zero-order valence-corrected chi connectivity index (χ0v) is 14.7. The fourth-order valence-corrected chi connectivity index (χ4v) is 3.03. The van der Waals surface area contributed by atoms with Crippen LogP contribution in [0, 0.1) is 10.1 Å². The Hall–Kier alpha value is -4.06. The lowest BCUT2D eigenvalue weighted by molar-refractivity contribution is -0.384. The average molecular weight is 369 g/mol. The highest BCUT2D eigenvalue weighted by Crippen LogP contribution is 2.27. The summed E-state index contributed by atoms with van der Waals surface area (Å²) in [6, 6.07) is 24.5. The van der Waals surface area contributed by atoms with Crippen molar-refractivity contribution in [2.75, 3.05) is 0 Å². The molecule has 6 nitrogen and oxygen atoms in total. The molecule has 0 bridgehead atoms. The summed E-state index contributed by atoms with van der Waals surface area (Å²) >= 11 is 0. The molecule has 3 aromatic carbocycles. The Morgan fingerprint density at radius 3 is 2.07 bits per heavy atom. The predicted molar refractivity (Wildman–Crippen MR) is 106 cm³/mol. The number of ketones is 1. The number of benzene rings is 3. The van der Waals surface area contributed by atoms with Gasteiger partial charge in [0.25, 0.3) is 5.69 Å². The summed E-state index contributed by atoms with van der Waals surface area (Å²) in [5, 5.41) is 11.0. The second-order valence-corrected chi connectivity index (χ2v) is 6.14. The first kappa shape index (κ1) is 17.4. The number of aromatic nitrogens is 2. The third-order valence-electron chi connectivity index (χ3n) is 4.39. The molecule has 0 saturated carbocycles. The van der Waals surface area contributed by atoms with E-state index in [9.17, 15) is 14.9 Å². The summed E-state index contributed by atoms with van der Waals surface area (Å²) in [5.74, 6) is 0.0278. The molecule has 0 fully saturated rings. The third kappa shape index (κ3) is 3.19. The molecule has 136 valence electrons. The van der Waals surface area contributed by atoms with Gasteiger partial charge in [-0.15, -0.1) is 0 Å². The van der Waals surface area contributed by atoms with Gasteiger partial charge in [-0.05, 0) is 12.1 Å². The fraction of sp³-hybridized carbons (Fsp3) is 0. The van der Waals surface area contributed by atoms with Crippen molar-refractivity contribution in [1.82, 2.24) is 9.55 Å². The van der Waals surface area contributed by atoms with Crippen LogP contribution in [0.5, 0.6) is 0 Å². The SMILES string of the molecule is O=C(c1ccccc1)c1ncc(-c2ccccc2)n1-c1ccc([N+](=O)[O-])cc1. The zero-order valence-electron chi connectivity index (χ0n) is 14.7. The van der Waals surface area contributed by atoms with Crippen LogP contribution in [-0.4, -0.2) is 20.3 Å². The van der Waals surface area contributed by atoms with E-state index in [4.69, 9.17) is 0 Å². The largest absolute Gasteiger partial charge is 0.290 e. The van der Waals surface area contributed by atoms with Crippen molar-refractivity contribution in [2.45, 2.75) is 0 Å². The van der Waals surface area contributed by atoms with E-state index in [1.807, 2.05) is 36.4 Å². The molecule has 0 spiro atoms. The Morgan fingerprint density at radius 1 is 0.857 bits per heavy atom. The average Bonchev–Trinajstić information content (AvgIpc) is 3.19. The molecule has 0 aliphatic heterocycles. The standard InChI is InChI=1S/C22H15N3O3/c26-21(17-9-5-2-6-10-17)22-23-15-20(16-7-3-1-4-8-16)24(22)18-11-13-19(14-12-18)25(27)28/h1-15H. The summed E-state index contributed by atoms with van der Waals surface area (Å²) in [5.41, 5.74) is 2.76. The molecule has 0 amide bonds. The fourth-order valence-electron chi connectivity index (χ4n) is 3.03. The topological polar surface area (TPSA) is 78.0 Å². The van der Waals surface area contributed by atoms with Crippen molar-refractivity contribution in [3.8, 4) is 16.9 Å². The van der Waals surface area contributed by atoms with Gasteiger partial charge in [0.05, 0.1) is 16.8 Å². The van der Waals surface area contributed by atoms with E-state index in [0.29, 0.717) is 11.3 Å². The van der Waals surface area contributed by atoms with Crippen molar-refractivity contribution in [2.24, 2.45) is 0 Å². The van der Waals surface area contributed by atoms with Gasteiger partial charge in [-0.1, -0.05) is 60.7 Å². The summed E-state index contributed by atoms with van der Waals surface area (Å²) in [4.78, 5) is 28.0. The molecular formula is C22H15N3O3. The van der Waals surface area contributed by atoms with Crippen LogP contribution >= 0.6 is 0 Å². The number of hydrogen-bond donors (Lipinski definition) is 0. The first-order valence-electron chi connectivity index (χ1n) is 8.63. The van der Waals surface area contributed by atoms with Gasteiger partial charge in [0.2, 0.25) is 5.78 Å². The second kappa shape index (κ2) is 7.28. The quantitative estimate of drug-likeness (QED) is 0.291. The number of non-ortho nitro benzene ring substituents is 1. The van der Waals surface area contributed by atoms with Gasteiger partial charge in [-0.25, -0.2) is 4.98 Å². The van der Waals surface area contributed by atoms with Crippen LogP contribution in [0.25, 0.3) is 16.9 Å². The molecule has 0 aliphatic carbocycles. The molecule has 0 saturated heterocycles. The summed E-state index contributed by atoms with van der Waals surface area (Å²) in [7, 11) is 0. The number of nitrogens with zero attached hydrogens (tertiary/aromatic N) is 3.